The van der Waals surface area contributed by atoms with Crippen molar-refractivity contribution in [1.29, 1.82) is 0 Å². The summed E-state index contributed by atoms with van der Waals surface area (Å²) >= 11 is 0. The summed E-state index contributed by atoms with van der Waals surface area (Å²) in [5.74, 6) is -5.24. The Morgan fingerprint density at radius 3 is 2.18 bits per heavy atom. The number of nitrogens with one attached hydrogen (secondary N) is 1. The fraction of sp³-hybridized carbons (Fsp3) is 0.0769. The third-order valence-electron chi connectivity index (χ3n) is 2.70. The third kappa shape index (κ3) is 3.08. The van der Waals surface area contributed by atoms with E-state index in [1.807, 2.05) is 4.72 Å². The van der Waals surface area contributed by atoms with E-state index in [0.29, 0.717) is 12.1 Å². The number of hydrogen-bond donors (Lipinski definition) is 2. The molecule has 0 aromatic heterocycles. The molecule has 2 aromatic rings. The molecule has 2 aromatic carbocycles. The maximum Gasteiger partial charge on any atom is 0.262 e. The van der Waals surface area contributed by atoms with Crippen LogP contribution in [0.2, 0.25) is 0 Å². The smallest absolute Gasteiger partial charge is 0.262 e. The Bertz CT molecular complexity index is 801. The van der Waals surface area contributed by atoms with Gasteiger partial charge in [-0.1, -0.05) is 0 Å². The van der Waals surface area contributed by atoms with Crippen LogP contribution < -0.4 is 9.46 Å². The molecular formula is C13H10F3NO4S. The molecule has 0 aliphatic heterocycles. The number of phenolic OH excluding ortho intramolecular Hbond substituents is 1. The van der Waals surface area contributed by atoms with E-state index in [2.05, 4.69) is 0 Å². The first-order valence-corrected chi connectivity index (χ1v) is 7.27. The van der Waals surface area contributed by atoms with Crippen molar-refractivity contribution >= 4 is 15.7 Å². The van der Waals surface area contributed by atoms with Gasteiger partial charge in [0.2, 0.25) is 0 Å². The highest BCUT2D eigenvalue weighted by molar-refractivity contribution is 7.92. The Morgan fingerprint density at radius 1 is 1.09 bits per heavy atom. The number of methoxy groups -OCH3 is 1. The fourth-order valence-corrected chi connectivity index (χ4v) is 2.73. The van der Waals surface area contributed by atoms with Gasteiger partial charge < -0.3 is 9.84 Å². The van der Waals surface area contributed by atoms with Gasteiger partial charge in [0, 0.05) is 6.07 Å². The zero-order chi connectivity index (χ0) is 16.5. The molecule has 0 bridgehead atoms. The molecule has 0 unspecified atom stereocenters. The molecule has 22 heavy (non-hydrogen) atoms. The molecule has 0 aliphatic rings. The molecule has 2 N–H and O–H groups in total. The van der Waals surface area contributed by atoms with Gasteiger partial charge in [0.1, 0.15) is 0 Å². The number of anilines is 1. The number of hydrogen-bond acceptors (Lipinski definition) is 4. The highest BCUT2D eigenvalue weighted by atomic mass is 32.2. The van der Waals surface area contributed by atoms with E-state index in [-0.39, 0.29) is 17.2 Å². The quantitative estimate of drug-likeness (QED) is 0.844. The van der Waals surface area contributed by atoms with Crippen molar-refractivity contribution in [3.63, 3.8) is 0 Å². The molecule has 0 amide bonds. The van der Waals surface area contributed by atoms with E-state index in [1.165, 1.54) is 19.2 Å². The largest absolute Gasteiger partial charge is 0.504 e. The van der Waals surface area contributed by atoms with Gasteiger partial charge in [-0.25, -0.2) is 21.6 Å². The maximum atomic E-state index is 13.1. The molecule has 0 aliphatic carbocycles. The Morgan fingerprint density at radius 2 is 1.68 bits per heavy atom. The molecular weight excluding hydrogens is 323 g/mol. The van der Waals surface area contributed by atoms with Crippen LogP contribution in [0.1, 0.15) is 0 Å². The molecule has 0 radical (unpaired) electrons. The molecule has 0 saturated carbocycles. The summed E-state index contributed by atoms with van der Waals surface area (Å²) in [4.78, 5) is -0.792. The monoisotopic (exact) mass is 333 g/mol. The predicted octanol–water partition coefficient (Wildman–Crippen LogP) is 2.62. The molecule has 0 spiro atoms. The number of rotatable bonds is 4. The van der Waals surface area contributed by atoms with Gasteiger partial charge in [0.15, 0.2) is 29.0 Å². The van der Waals surface area contributed by atoms with Gasteiger partial charge in [0.05, 0.1) is 17.7 Å². The Labute approximate surface area is 124 Å². The molecule has 9 heteroatoms. The van der Waals surface area contributed by atoms with Crippen LogP contribution in [0.25, 0.3) is 0 Å². The van der Waals surface area contributed by atoms with Crippen molar-refractivity contribution in [1.82, 2.24) is 0 Å². The number of halogens is 3. The summed E-state index contributed by atoms with van der Waals surface area (Å²) in [7, 11) is -3.05. The Kier molecular flexibility index (Phi) is 4.18. The Hall–Kier alpha value is -2.42. The van der Waals surface area contributed by atoms with Gasteiger partial charge in [-0.05, 0) is 24.3 Å². The third-order valence-corrected chi connectivity index (χ3v) is 4.06. The molecule has 5 nitrogen and oxygen atoms in total. The van der Waals surface area contributed by atoms with Crippen molar-refractivity contribution < 1.29 is 31.4 Å². The highest BCUT2D eigenvalue weighted by Crippen LogP contribution is 2.30. The maximum absolute atomic E-state index is 13.1. The van der Waals surface area contributed by atoms with Crippen molar-refractivity contribution in [2.24, 2.45) is 0 Å². The zero-order valence-corrected chi connectivity index (χ0v) is 11.9. The van der Waals surface area contributed by atoms with Gasteiger partial charge in [-0.2, -0.15) is 0 Å². The van der Waals surface area contributed by atoms with Gasteiger partial charge in [-0.3, -0.25) is 4.72 Å². The fourth-order valence-electron chi connectivity index (χ4n) is 1.65. The summed E-state index contributed by atoms with van der Waals surface area (Å²) in [5, 5.41) is 9.55. The van der Waals surface area contributed by atoms with E-state index >= 15 is 0 Å². The van der Waals surface area contributed by atoms with Crippen LogP contribution in [-0.4, -0.2) is 20.6 Å². The van der Waals surface area contributed by atoms with Crippen LogP contribution in [0.3, 0.4) is 0 Å². The standard InChI is InChI=1S/C13H10F3NO4S/c1-21-12-3-2-7(4-11(12)18)17-22(19,20)8-5-9(14)13(16)10(15)6-8/h2-6,17-18H,1H3. The SMILES string of the molecule is COc1ccc(NS(=O)(=O)c2cc(F)c(F)c(F)c2)cc1O. The van der Waals surface area contributed by atoms with Crippen LogP contribution in [0.5, 0.6) is 11.5 Å². The second-order valence-electron chi connectivity index (χ2n) is 4.19. The summed E-state index contributed by atoms with van der Waals surface area (Å²) in [6.07, 6.45) is 0. The first-order chi connectivity index (χ1) is 10.2. The lowest BCUT2D eigenvalue weighted by Crippen LogP contribution is -2.14. The number of sulfonamides is 1. The number of phenols is 1. The van der Waals surface area contributed by atoms with Crippen LogP contribution >= 0.6 is 0 Å². The molecule has 2 rings (SSSR count). The van der Waals surface area contributed by atoms with Crippen molar-refractivity contribution in [3.8, 4) is 11.5 Å². The lowest BCUT2D eigenvalue weighted by molar-refractivity contribution is 0.373. The van der Waals surface area contributed by atoms with Crippen molar-refractivity contribution in [2.45, 2.75) is 4.90 Å². The molecule has 0 fully saturated rings. The van der Waals surface area contributed by atoms with Gasteiger partial charge >= 0.3 is 0 Å². The number of ether oxygens (including phenoxy) is 1. The minimum absolute atomic E-state index is 0.0663. The second kappa shape index (κ2) is 5.76. The molecule has 0 heterocycles. The second-order valence-corrected chi connectivity index (χ2v) is 5.88. The lowest BCUT2D eigenvalue weighted by Gasteiger charge is -2.10. The van der Waals surface area contributed by atoms with Gasteiger partial charge in [0.25, 0.3) is 10.0 Å². The summed E-state index contributed by atoms with van der Waals surface area (Å²) in [5.41, 5.74) is -0.0663. The van der Waals surface area contributed by atoms with Crippen LogP contribution in [0.4, 0.5) is 18.9 Å². The van der Waals surface area contributed by atoms with E-state index in [4.69, 9.17) is 4.74 Å². The van der Waals surface area contributed by atoms with E-state index in [9.17, 15) is 26.7 Å². The minimum atomic E-state index is -4.36. The predicted molar refractivity (Wildman–Crippen MR) is 71.8 cm³/mol. The average molecular weight is 333 g/mol. The van der Waals surface area contributed by atoms with Crippen molar-refractivity contribution in [2.75, 3.05) is 11.8 Å². The van der Waals surface area contributed by atoms with Crippen LogP contribution in [-0.2, 0) is 10.0 Å². The first-order valence-electron chi connectivity index (χ1n) is 5.79. The summed E-state index contributed by atoms with van der Waals surface area (Å²) in [6, 6.07) is 4.31. The molecule has 0 saturated heterocycles. The molecule has 118 valence electrons. The summed E-state index contributed by atoms with van der Waals surface area (Å²) in [6.45, 7) is 0. The number of aromatic hydroxyl groups is 1. The van der Waals surface area contributed by atoms with E-state index in [0.717, 1.165) is 6.07 Å². The van der Waals surface area contributed by atoms with Gasteiger partial charge in [-0.15, -0.1) is 0 Å². The lowest BCUT2D eigenvalue weighted by atomic mass is 10.3. The normalized spacial score (nSPS) is 11.3. The average Bonchev–Trinajstić information content (AvgIpc) is 2.44. The molecule has 0 atom stereocenters. The van der Waals surface area contributed by atoms with Crippen LogP contribution in [0, 0.1) is 17.5 Å². The zero-order valence-electron chi connectivity index (χ0n) is 11.1. The van der Waals surface area contributed by atoms with E-state index in [1.54, 1.807) is 0 Å². The topological polar surface area (TPSA) is 75.6 Å². The van der Waals surface area contributed by atoms with Crippen LogP contribution in [0.15, 0.2) is 35.2 Å². The van der Waals surface area contributed by atoms with Crippen molar-refractivity contribution in [3.05, 3.63) is 47.8 Å². The minimum Gasteiger partial charge on any atom is -0.504 e. The van der Waals surface area contributed by atoms with E-state index < -0.39 is 32.4 Å². The number of benzene rings is 2. The first kappa shape index (κ1) is 16.0. The Balaban J connectivity index is 2.38. The highest BCUT2D eigenvalue weighted by Gasteiger charge is 2.20. The summed E-state index contributed by atoms with van der Waals surface area (Å²) < 4.78 is 69.9.